The summed E-state index contributed by atoms with van der Waals surface area (Å²) < 4.78 is 25.7. The minimum atomic E-state index is -3.61. The topological polar surface area (TPSA) is 88.2 Å². The number of hydrogen-bond donors (Lipinski definition) is 2. The lowest BCUT2D eigenvalue weighted by Gasteiger charge is -2.10. The second-order valence-corrected chi connectivity index (χ2v) is 8.38. The van der Waals surface area contributed by atoms with Gasteiger partial charge in [-0.25, -0.2) is 13.2 Å². The monoisotopic (exact) mass is 395 g/mol. The van der Waals surface area contributed by atoms with Crippen molar-refractivity contribution in [3.05, 3.63) is 83.7 Å². The van der Waals surface area contributed by atoms with Gasteiger partial charge in [-0.15, -0.1) is 0 Å². The largest absolute Gasteiger partial charge is 0.334 e. The highest BCUT2D eigenvalue weighted by atomic mass is 32.2. The molecule has 0 unspecified atom stereocenters. The molecule has 3 aromatic rings. The Hall–Kier alpha value is -3.19. The van der Waals surface area contributed by atoms with Crippen LogP contribution in [0.25, 0.3) is 0 Å². The number of carbonyl (C=O) groups excluding carboxylic acids is 1. The molecule has 1 heterocycles. The molecule has 1 aromatic heterocycles. The van der Waals surface area contributed by atoms with Crippen molar-refractivity contribution in [2.45, 2.75) is 30.2 Å². The van der Waals surface area contributed by atoms with Crippen molar-refractivity contribution in [2.75, 3.05) is 5.32 Å². The SMILES string of the molecule is Cc1ccc(S(=O)(=O)c2ccc(NC(=O)NCc3cccnc3)cc2)c(C)c1. The van der Waals surface area contributed by atoms with Crippen LogP contribution in [0.4, 0.5) is 10.5 Å². The summed E-state index contributed by atoms with van der Waals surface area (Å²) in [5.41, 5.74) is 3.10. The fourth-order valence-corrected chi connectivity index (χ4v) is 4.28. The quantitative estimate of drug-likeness (QED) is 0.687. The van der Waals surface area contributed by atoms with Gasteiger partial charge in [-0.2, -0.15) is 0 Å². The molecule has 0 saturated carbocycles. The minimum absolute atomic E-state index is 0.181. The van der Waals surface area contributed by atoms with E-state index in [1.165, 1.54) is 12.1 Å². The summed E-state index contributed by atoms with van der Waals surface area (Å²) in [4.78, 5) is 16.5. The predicted octanol–water partition coefficient (Wildman–Crippen LogP) is 3.85. The van der Waals surface area contributed by atoms with Crippen LogP contribution in [0.1, 0.15) is 16.7 Å². The molecule has 0 spiro atoms. The van der Waals surface area contributed by atoms with Gasteiger partial charge in [0.2, 0.25) is 9.84 Å². The Bertz CT molecular complexity index is 1080. The molecule has 28 heavy (non-hydrogen) atoms. The van der Waals surface area contributed by atoms with Crippen LogP contribution >= 0.6 is 0 Å². The van der Waals surface area contributed by atoms with Crippen LogP contribution < -0.4 is 10.6 Å². The molecule has 0 saturated heterocycles. The molecule has 0 atom stereocenters. The molecule has 144 valence electrons. The average Bonchev–Trinajstić information content (AvgIpc) is 2.67. The maximum Gasteiger partial charge on any atom is 0.319 e. The van der Waals surface area contributed by atoms with Gasteiger partial charge in [0.25, 0.3) is 0 Å². The van der Waals surface area contributed by atoms with Crippen LogP contribution in [0.3, 0.4) is 0 Å². The number of nitrogens with zero attached hydrogens (tertiary/aromatic N) is 1. The second-order valence-electron chi connectivity index (χ2n) is 6.47. The fraction of sp³-hybridized carbons (Fsp3) is 0.143. The highest BCUT2D eigenvalue weighted by molar-refractivity contribution is 7.91. The summed E-state index contributed by atoms with van der Waals surface area (Å²) in [5, 5.41) is 5.41. The summed E-state index contributed by atoms with van der Waals surface area (Å²) in [6, 6.07) is 14.6. The number of urea groups is 1. The summed E-state index contributed by atoms with van der Waals surface area (Å²) in [6.07, 6.45) is 3.34. The van der Waals surface area contributed by atoms with E-state index in [1.54, 1.807) is 49.6 Å². The van der Waals surface area contributed by atoms with E-state index in [9.17, 15) is 13.2 Å². The zero-order chi connectivity index (χ0) is 20.1. The molecule has 7 heteroatoms. The summed E-state index contributed by atoms with van der Waals surface area (Å²) in [6.45, 7) is 4.05. The Balaban J connectivity index is 1.68. The van der Waals surface area contributed by atoms with Crippen molar-refractivity contribution < 1.29 is 13.2 Å². The maximum atomic E-state index is 12.9. The van der Waals surface area contributed by atoms with Crippen LogP contribution in [0.2, 0.25) is 0 Å². The number of carbonyl (C=O) groups is 1. The number of sulfone groups is 1. The van der Waals surface area contributed by atoms with Crippen LogP contribution in [0.5, 0.6) is 0 Å². The Kier molecular flexibility index (Phi) is 5.75. The molecule has 2 aromatic carbocycles. The summed E-state index contributed by atoms with van der Waals surface area (Å²) in [7, 11) is -3.61. The molecule has 0 aliphatic carbocycles. The first-order valence-electron chi connectivity index (χ1n) is 8.72. The van der Waals surface area contributed by atoms with Gasteiger partial charge in [0.05, 0.1) is 9.79 Å². The van der Waals surface area contributed by atoms with E-state index in [4.69, 9.17) is 0 Å². The van der Waals surface area contributed by atoms with Gasteiger partial charge in [-0.3, -0.25) is 4.98 Å². The number of anilines is 1. The number of pyridine rings is 1. The van der Waals surface area contributed by atoms with Crippen molar-refractivity contribution in [3.63, 3.8) is 0 Å². The van der Waals surface area contributed by atoms with Gasteiger partial charge in [-0.1, -0.05) is 23.8 Å². The average molecular weight is 395 g/mol. The Morgan fingerprint density at radius 1 is 1.04 bits per heavy atom. The van der Waals surface area contributed by atoms with Crippen molar-refractivity contribution >= 4 is 21.6 Å². The van der Waals surface area contributed by atoms with Gasteiger partial charge in [0, 0.05) is 24.6 Å². The number of rotatable bonds is 5. The number of benzene rings is 2. The molecule has 0 aliphatic heterocycles. The Morgan fingerprint density at radius 3 is 2.43 bits per heavy atom. The molecule has 0 aliphatic rings. The van der Waals surface area contributed by atoms with Gasteiger partial charge < -0.3 is 10.6 Å². The van der Waals surface area contributed by atoms with Crippen molar-refractivity contribution in [3.8, 4) is 0 Å². The van der Waals surface area contributed by atoms with Crippen molar-refractivity contribution in [1.29, 1.82) is 0 Å². The lowest BCUT2D eigenvalue weighted by molar-refractivity contribution is 0.251. The molecular weight excluding hydrogens is 374 g/mol. The predicted molar refractivity (Wildman–Crippen MR) is 108 cm³/mol. The third kappa shape index (κ3) is 4.55. The summed E-state index contributed by atoms with van der Waals surface area (Å²) >= 11 is 0. The highest BCUT2D eigenvalue weighted by Crippen LogP contribution is 2.25. The van der Waals surface area contributed by atoms with Crippen LogP contribution in [-0.4, -0.2) is 19.4 Å². The molecule has 0 bridgehead atoms. The van der Waals surface area contributed by atoms with E-state index in [2.05, 4.69) is 15.6 Å². The van der Waals surface area contributed by atoms with E-state index in [0.29, 0.717) is 17.8 Å². The minimum Gasteiger partial charge on any atom is -0.334 e. The Morgan fingerprint density at radius 2 is 1.79 bits per heavy atom. The fourth-order valence-electron chi connectivity index (χ4n) is 2.81. The van der Waals surface area contributed by atoms with Gasteiger partial charge in [0.1, 0.15) is 0 Å². The smallest absolute Gasteiger partial charge is 0.319 e. The number of amides is 2. The molecule has 3 rings (SSSR count). The van der Waals surface area contributed by atoms with Crippen LogP contribution in [0.15, 0.2) is 76.8 Å². The van der Waals surface area contributed by atoms with Crippen LogP contribution in [-0.2, 0) is 16.4 Å². The number of nitrogens with one attached hydrogen (secondary N) is 2. The summed E-state index contributed by atoms with van der Waals surface area (Å²) in [5.74, 6) is 0. The van der Waals surface area contributed by atoms with E-state index >= 15 is 0 Å². The first kappa shape index (κ1) is 19.6. The molecule has 2 N–H and O–H groups in total. The van der Waals surface area contributed by atoms with E-state index in [1.807, 2.05) is 19.1 Å². The highest BCUT2D eigenvalue weighted by Gasteiger charge is 2.19. The zero-order valence-corrected chi connectivity index (χ0v) is 16.5. The molecule has 0 fully saturated rings. The third-order valence-electron chi connectivity index (χ3n) is 4.22. The van der Waals surface area contributed by atoms with E-state index < -0.39 is 9.84 Å². The van der Waals surface area contributed by atoms with E-state index in [-0.39, 0.29) is 15.8 Å². The Labute approximate surface area is 164 Å². The van der Waals surface area contributed by atoms with Crippen LogP contribution in [0, 0.1) is 13.8 Å². The first-order chi connectivity index (χ1) is 13.4. The van der Waals surface area contributed by atoms with Gasteiger partial charge in [-0.05, 0) is 61.4 Å². The van der Waals surface area contributed by atoms with Gasteiger partial charge >= 0.3 is 6.03 Å². The first-order valence-corrected chi connectivity index (χ1v) is 10.2. The molecular formula is C21H21N3O3S. The lowest BCUT2D eigenvalue weighted by Crippen LogP contribution is -2.28. The normalized spacial score (nSPS) is 11.1. The zero-order valence-electron chi connectivity index (χ0n) is 15.6. The van der Waals surface area contributed by atoms with Crippen molar-refractivity contribution in [2.24, 2.45) is 0 Å². The maximum absolute atomic E-state index is 12.9. The lowest BCUT2D eigenvalue weighted by atomic mass is 10.2. The molecule has 2 amide bonds. The number of hydrogen-bond acceptors (Lipinski definition) is 4. The van der Waals surface area contributed by atoms with E-state index in [0.717, 1.165) is 11.1 Å². The third-order valence-corrected chi connectivity index (χ3v) is 6.15. The van der Waals surface area contributed by atoms with Crippen molar-refractivity contribution in [1.82, 2.24) is 10.3 Å². The van der Waals surface area contributed by atoms with Gasteiger partial charge in [0.15, 0.2) is 0 Å². The number of aryl methyl sites for hydroxylation is 2. The molecule has 6 nitrogen and oxygen atoms in total. The second kappa shape index (κ2) is 8.22. The molecule has 0 radical (unpaired) electrons. The standard InChI is InChI=1S/C21H21N3O3S/c1-15-5-10-20(16(2)12-15)28(26,27)19-8-6-18(7-9-19)24-21(25)23-14-17-4-3-11-22-13-17/h3-13H,14H2,1-2H3,(H2,23,24,25). The number of aromatic nitrogens is 1.